The number of hydrogen-bond acceptors (Lipinski definition) is 3. The van der Waals surface area contributed by atoms with Gasteiger partial charge in [0, 0.05) is 12.5 Å². The molecule has 0 amide bonds. The van der Waals surface area contributed by atoms with Crippen LogP contribution < -0.4 is 0 Å². The average molecular weight is 251 g/mol. The molecule has 0 atom stereocenters. The van der Waals surface area contributed by atoms with Crippen LogP contribution in [0.15, 0.2) is 0 Å². The fourth-order valence-electron chi connectivity index (χ4n) is 1.57. The van der Waals surface area contributed by atoms with Crippen molar-refractivity contribution in [2.24, 2.45) is 0 Å². The van der Waals surface area contributed by atoms with Crippen LogP contribution in [-0.2, 0) is 14.2 Å². The van der Waals surface area contributed by atoms with Crippen molar-refractivity contribution in [3.05, 3.63) is 0 Å². The molecule has 1 fully saturated rings. The fourth-order valence-corrected chi connectivity index (χ4v) is 1.76. The molecule has 0 aromatic carbocycles. The van der Waals surface area contributed by atoms with Gasteiger partial charge in [-0.05, 0) is 33.1 Å². The Hall–Kier alpha value is 0.170. The molecule has 16 heavy (non-hydrogen) atoms. The van der Waals surface area contributed by atoms with Crippen LogP contribution in [0.4, 0.5) is 0 Å². The van der Waals surface area contributed by atoms with Gasteiger partial charge in [0.25, 0.3) is 0 Å². The maximum atomic E-state index is 5.91. The molecule has 0 bridgehead atoms. The second-order valence-corrected chi connectivity index (χ2v) is 5.14. The molecular weight excluding hydrogens is 228 g/mol. The van der Waals surface area contributed by atoms with Gasteiger partial charge in [-0.15, -0.1) is 11.6 Å². The van der Waals surface area contributed by atoms with Crippen molar-refractivity contribution in [3.63, 3.8) is 0 Å². The molecule has 1 heterocycles. The van der Waals surface area contributed by atoms with Crippen LogP contribution in [0, 0.1) is 0 Å². The zero-order valence-corrected chi connectivity index (χ0v) is 11.3. The molecule has 0 radical (unpaired) electrons. The Morgan fingerprint density at radius 2 is 1.81 bits per heavy atom. The van der Waals surface area contributed by atoms with Gasteiger partial charge in [-0.25, -0.2) is 0 Å². The SMILES string of the molecule is CCC1(OCCCCCl)COC(C)(C)OC1. The predicted molar refractivity (Wildman–Crippen MR) is 64.9 cm³/mol. The first-order valence-electron chi connectivity index (χ1n) is 6.01. The normalized spacial score (nSPS) is 23.2. The number of hydrogen-bond donors (Lipinski definition) is 0. The second kappa shape index (κ2) is 6.20. The van der Waals surface area contributed by atoms with Crippen molar-refractivity contribution in [3.8, 4) is 0 Å². The Balaban J connectivity index is 2.34. The molecule has 0 aromatic rings. The highest BCUT2D eigenvalue weighted by Crippen LogP contribution is 2.28. The van der Waals surface area contributed by atoms with Crippen LogP contribution in [0.2, 0.25) is 0 Å². The Kier molecular flexibility index (Phi) is 5.51. The van der Waals surface area contributed by atoms with E-state index in [1.807, 2.05) is 13.8 Å². The number of ether oxygens (including phenoxy) is 3. The average Bonchev–Trinajstić information content (AvgIpc) is 2.27. The molecule has 4 heteroatoms. The zero-order chi connectivity index (χ0) is 12.1. The predicted octanol–water partition coefficient (Wildman–Crippen LogP) is 2.95. The minimum atomic E-state index is -0.474. The lowest BCUT2D eigenvalue weighted by atomic mass is 10.0. The van der Waals surface area contributed by atoms with Crippen LogP contribution in [0.1, 0.15) is 40.0 Å². The molecule has 3 nitrogen and oxygen atoms in total. The van der Waals surface area contributed by atoms with E-state index in [0.717, 1.165) is 25.9 Å². The molecule has 0 spiro atoms. The van der Waals surface area contributed by atoms with Gasteiger partial charge in [0.15, 0.2) is 5.79 Å². The Morgan fingerprint density at radius 1 is 1.19 bits per heavy atom. The van der Waals surface area contributed by atoms with Gasteiger partial charge >= 0.3 is 0 Å². The van der Waals surface area contributed by atoms with Crippen LogP contribution in [0.25, 0.3) is 0 Å². The highest BCUT2D eigenvalue weighted by atomic mass is 35.5. The number of unbranched alkanes of at least 4 members (excludes halogenated alkanes) is 1. The first kappa shape index (κ1) is 14.2. The van der Waals surface area contributed by atoms with E-state index < -0.39 is 5.79 Å². The van der Waals surface area contributed by atoms with Gasteiger partial charge in [-0.2, -0.15) is 0 Å². The highest BCUT2D eigenvalue weighted by Gasteiger charge is 2.39. The van der Waals surface area contributed by atoms with Crippen molar-refractivity contribution < 1.29 is 14.2 Å². The topological polar surface area (TPSA) is 27.7 Å². The van der Waals surface area contributed by atoms with Gasteiger partial charge in [0.05, 0.1) is 13.2 Å². The third kappa shape index (κ3) is 4.21. The fraction of sp³-hybridized carbons (Fsp3) is 1.00. The summed E-state index contributed by atoms with van der Waals surface area (Å²) in [5.74, 6) is 0.223. The quantitative estimate of drug-likeness (QED) is 0.536. The van der Waals surface area contributed by atoms with E-state index in [1.54, 1.807) is 0 Å². The van der Waals surface area contributed by atoms with Crippen molar-refractivity contribution in [1.82, 2.24) is 0 Å². The smallest absolute Gasteiger partial charge is 0.163 e. The van der Waals surface area contributed by atoms with E-state index in [2.05, 4.69) is 6.92 Å². The summed E-state index contributed by atoms with van der Waals surface area (Å²) in [6, 6.07) is 0. The lowest BCUT2D eigenvalue weighted by molar-refractivity contribution is -0.310. The summed E-state index contributed by atoms with van der Waals surface area (Å²) in [6.45, 7) is 7.91. The first-order chi connectivity index (χ1) is 7.54. The molecule has 96 valence electrons. The Labute approximate surface area is 103 Å². The molecule has 0 aromatic heterocycles. The first-order valence-corrected chi connectivity index (χ1v) is 6.55. The largest absolute Gasteiger partial charge is 0.370 e. The van der Waals surface area contributed by atoms with Crippen LogP contribution in [0.3, 0.4) is 0 Å². The monoisotopic (exact) mass is 250 g/mol. The van der Waals surface area contributed by atoms with E-state index >= 15 is 0 Å². The molecule has 0 aliphatic carbocycles. The molecule has 1 saturated heterocycles. The number of alkyl halides is 1. The molecule has 0 N–H and O–H groups in total. The van der Waals surface area contributed by atoms with Gasteiger partial charge in [-0.1, -0.05) is 6.92 Å². The molecule has 1 rings (SSSR count). The van der Waals surface area contributed by atoms with Gasteiger partial charge < -0.3 is 14.2 Å². The third-order valence-electron chi connectivity index (χ3n) is 2.95. The van der Waals surface area contributed by atoms with Crippen LogP contribution in [-0.4, -0.2) is 37.1 Å². The summed E-state index contributed by atoms with van der Waals surface area (Å²) in [5, 5.41) is 0. The van der Waals surface area contributed by atoms with E-state index in [9.17, 15) is 0 Å². The van der Waals surface area contributed by atoms with E-state index in [0.29, 0.717) is 19.1 Å². The lowest BCUT2D eigenvalue weighted by Gasteiger charge is -2.42. The maximum absolute atomic E-state index is 5.91. The summed E-state index contributed by atoms with van der Waals surface area (Å²) in [4.78, 5) is 0. The van der Waals surface area contributed by atoms with Gasteiger partial charge in [0.2, 0.25) is 0 Å². The van der Waals surface area contributed by atoms with Crippen LogP contribution in [0.5, 0.6) is 0 Å². The maximum Gasteiger partial charge on any atom is 0.163 e. The minimum absolute atomic E-state index is 0.262. The highest BCUT2D eigenvalue weighted by molar-refractivity contribution is 6.17. The van der Waals surface area contributed by atoms with Crippen LogP contribution >= 0.6 is 11.6 Å². The van der Waals surface area contributed by atoms with Crippen molar-refractivity contribution in [2.45, 2.75) is 51.4 Å². The minimum Gasteiger partial charge on any atom is -0.370 e. The molecule has 0 saturated carbocycles. The van der Waals surface area contributed by atoms with E-state index in [1.165, 1.54) is 0 Å². The molecule has 1 aliphatic heterocycles. The van der Waals surface area contributed by atoms with Gasteiger partial charge in [0.1, 0.15) is 5.60 Å². The molecular formula is C12H23ClO3. The second-order valence-electron chi connectivity index (χ2n) is 4.76. The summed E-state index contributed by atoms with van der Waals surface area (Å²) >= 11 is 5.62. The summed E-state index contributed by atoms with van der Waals surface area (Å²) < 4.78 is 17.2. The summed E-state index contributed by atoms with van der Waals surface area (Å²) in [6.07, 6.45) is 2.90. The molecule has 1 aliphatic rings. The van der Waals surface area contributed by atoms with E-state index in [4.69, 9.17) is 25.8 Å². The van der Waals surface area contributed by atoms with Gasteiger partial charge in [-0.3, -0.25) is 0 Å². The Morgan fingerprint density at radius 3 is 2.31 bits per heavy atom. The molecule has 0 unspecified atom stereocenters. The number of rotatable bonds is 6. The standard InChI is InChI=1S/C12H23ClO3/c1-4-12(14-8-6-5-7-13)9-15-11(2,3)16-10-12/h4-10H2,1-3H3. The van der Waals surface area contributed by atoms with Crippen molar-refractivity contribution >= 4 is 11.6 Å². The Bertz CT molecular complexity index is 196. The summed E-state index contributed by atoms with van der Waals surface area (Å²) in [5.41, 5.74) is -0.262. The third-order valence-corrected chi connectivity index (χ3v) is 3.21. The van der Waals surface area contributed by atoms with Crippen molar-refractivity contribution in [1.29, 1.82) is 0 Å². The lowest BCUT2D eigenvalue weighted by Crippen LogP contribution is -2.52. The van der Waals surface area contributed by atoms with Crippen molar-refractivity contribution in [2.75, 3.05) is 25.7 Å². The zero-order valence-electron chi connectivity index (χ0n) is 10.6. The number of halogens is 1. The van der Waals surface area contributed by atoms with E-state index in [-0.39, 0.29) is 5.60 Å². The summed E-state index contributed by atoms with van der Waals surface area (Å²) in [7, 11) is 0.